The molecule has 0 aromatic heterocycles. The van der Waals surface area contributed by atoms with Crippen LogP contribution in [0.25, 0.3) is 0 Å². The van der Waals surface area contributed by atoms with Crippen LogP contribution in [-0.2, 0) is 24.2 Å². The number of carbonyl (C=O) groups excluding carboxylic acids is 3. The predicted octanol–water partition coefficient (Wildman–Crippen LogP) is 2.67. The fraction of sp³-hybridized carbons (Fsp3) is 0.318. The van der Waals surface area contributed by atoms with Crippen molar-refractivity contribution in [2.24, 2.45) is 11.8 Å². The van der Waals surface area contributed by atoms with Gasteiger partial charge in [-0.3, -0.25) is 24.2 Å². The Kier molecular flexibility index (Phi) is 4.28. The summed E-state index contributed by atoms with van der Waals surface area (Å²) < 4.78 is 26.1. The molecule has 154 valence electrons. The summed E-state index contributed by atoms with van der Waals surface area (Å²) >= 11 is 0. The molecule has 30 heavy (non-hydrogen) atoms. The number of amides is 3. The highest BCUT2D eigenvalue weighted by Gasteiger charge is 2.49. The van der Waals surface area contributed by atoms with E-state index in [4.69, 9.17) is 0 Å². The minimum absolute atomic E-state index is 0.0322. The summed E-state index contributed by atoms with van der Waals surface area (Å²) in [7, 11) is -3.78. The third-order valence-electron chi connectivity index (χ3n) is 6.27. The van der Waals surface area contributed by atoms with E-state index in [1.807, 2.05) is 0 Å². The molecule has 5 rings (SSSR count). The number of para-hydroxylation sites is 2. The third-order valence-corrected chi connectivity index (χ3v) is 8.12. The lowest BCUT2D eigenvalue weighted by atomic mass is 9.81. The molecule has 1 saturated carbocycles. The Bertz CT molecular complexity index is 1110. The highest BCUT2D eigenvalue weighted by molar-refractivity contribution is 7.92. The standard InChI is InChI=1S/C22H20N2O5S/c25-20(13-23-21(26)14-7-1-2-8-15(14)22(23)27)24-16-9-3-5-11-18(16)30(28,29)19-12-6-4-10-17(19)24/h3-6,9-12,14-15H,1-2,7-8,13H2. The second kappa shape index (κ2) is 6.77. The van der Waals surface area contributed by atoms with E-state index >= 15 is 0 Å². The first-order valence-corrected chi connectivity index (χ1v) is 11.5. The van der Waals surface area contributed by atoms with E-state index in [2.05, 4.69) is 0 Å². The molecule has 2 aromatic carbocycles. The topological polar surface area (TPSA) is 91.8 Å². The lowest BCUT2D eigenvalue weighted by Gasteiger charge is -2.32. The highest BCUT2D eigenvalue weighted by Crippen LogP contribution is 2.44. The van der Waals surface area contributed by atoms with Crippen molar-refractivity contribution >= 4 is 38.9 Å². The molecule has 3 aliphatic rings. The Balaban J connectivity index is 1.54. The normalized spacial score (nSPS) is 24.3. The van der Waals surface area contributed by atoms with Crippen molar-refractivity contribution in [3.8, 4) is 0 Å². The Morgan fingerprint density at radius 1 is 0.833 bits per heavy atom. The summed E-state index contributed by atoms with van der Waals surface area (Å²) in [5, 5.41) is 0. The molecule has 3 amide bonds. The quantitative estimate of drug-likeness (QED) is 0.691. The van der Waals surface area contributed by atoms with Crippen molar-refractivity contribution < 1.29 is 22.8 Å². The maximum atomic E-state index is 13.4. The number of hydrogen-bond donors (Lipinski definition) is 0. The number of anilines is 2. The molecule has 0 radical (unpaired) electrons. The molecule has 0 N–H and O–H groups in total. The minimum Gasteiger partial charge on any atom is -0.277 e. The van der Waals surface area contributed by atoms with Gasteiger partial charge in [-0.2, -0.15) is 0 Å². The van der Waals surface area contributed by atoms with Gasteiger partial charge < -0.3 is 0 Å². The van der Waals surface area contributed by atoms with E-state index < -0.39 is 22.3 Å². The van der Waals surface area contributed by atoms with Crippen LogP contribution in [0.1, 0.15) is 25.7 Å². The lowest BCUT2D eigenvalue weighted by molar-refractivity contribution is -0.143. The van der Waals surface area contributed by atoms with E-state index in [0.29, 0.717) is 12.8 Å². The molecule has 2 aromatic rings. The number of fused-ring (bicyclic) bond motifs is 3. The van der Waals surface area contributed by atoms with Gasteiger partial charge in [0, 0.05) is 0 Å². The number of hydrogen-bond acceptors (Lipinski definition) is 5. The molecule has 1 aliphatic carbocycles. The predicted molar refractivity (Wildman–Crippen MR) is 108 cm³/mol. The van der Waals surface area contributed by atoms with Crippen LogP contribution in [0.3, 0.4) is 0 Å². The molecule has 8 heteroatoms. The summed E-state index contributed by atoms with van der Waals surface area (Å²) in [4.78, 5) is 41.4. The van der Waals surface area contributed by atoms with Crippen molar-refractivity contribution in [2.75, 3.05) is 11.4 Å². The smallest absolute Gasteiger partial charge is 0.251 e. The van der Waals surface area contributed by atoms with E-state index in [1.165, 1.54) is 17.0 Å². The average Bonchev–Trinajstić information content (AvgIpc) is 2.99. The van der Waals surface area contributed by atoms with Gasteiger partial charge in [0.15, 0.2) is 0 Å². The fourth-order valence-electron chi connectivity index (χ4n) is 4.85. The second-order valence-corrected chi connectivity index (χ2v) is 9.81. The van der Waals surface area contributed by atoms with Gasteiger partial charge in [-0.05, 0) is 37.1 Å². The van der Waals surface area contributed by atoms with Crippen LogP contribution in [0.2, 0.25) is 0 Å². The fourth-order valence-corrected chi connectivity index (χ4v) is 6.47. The number of likely N-dealkylation sites (tertiary alicyclic amines) is 1. The summed E-state index contributed by atoms with van der Waals surface area (Å²) in [5.41, 5.74) is 0.468. The molecule has 2 heterocycles. The van der Waals surface area contributed by atoms with Crippen molar-refractivity contribution in [3.05, 3.63) is 48.5 Å². The van der Waals surface area contributed by atoms with E-state index in [1.54, 1.807) is 36.4 Å². The van der Waals surface area contributed by atoms with Gasteiger partial charge in [-0.15, -0.1) is 0 Å². The third kappa shape index (κ3) is 2.63. The van der Waals surface area contributed by atoms with Gasteiger partial charge in [0.05, 0.1) is 33.0 Å². The van der Waals surface area contributed by atoms with Crippen molar-refractivity contribution in [2.45, 2.75) is 35.5 Å². The average molecular weight is 424 g/mol. The molecular weight excluding hydrogens is 404 g/mol. The van der Waals surface area contributed by atoms with E-state index in [0.717, 1.165) is 17.7 Å². The van der Waals surface area contributed by atoms with Crippen molar-refractivity contribution in [1.29, 1.82) is 0 Å². The van der Waals surface area contributed by atoms with Gasteiger partial charge in [-0.25, -0.2) is 8.42 Å². The molecule has 7 nitrogen and oxygen atoms in total. The van der Waals surface area contributed by atoms with Crippen LogP contribution in [-0.4, -0.2) is 37.6 Å². The first-order chi connectivity index (χ1) is 14.4. The number of nitrogens with zero attached hydrogens (tertiary/aromatic N) is 2. The highest BCUT2D eigenvalue weighted by atomic mass is 32.2. The van der Waals surface area contributed by atoms with Gasteiger partial charge in [0.2, 0.25) is 21.7 Å². The van der Waals surface area contributed by atoms with Gasteiger partial charge in [-0.1, -0.05) is 37.1 Å². The monoisotopic (exact) mass is 424 g/mol. The maximum absolute atomic E-state index is 13.4. The summed E-state index contributed by atoms with van der Waals surface area (Å²) in [5.74, 6) is -1.75. The van der Waals surface area contributed by atoms with Crippen LogP contribution in [0.15, 0.2) is 58.3 Å². The Morgan fingerprint density at radius 2 is 1.30 bits per heavy atom. The largest absolute Gasteiger partial charge is 0.277 e. The molecule has 2 fully saturated rings. The van der Waals surface area contributed by atoms with Gasteiger partial charge >= 0.3 is 0 Å². The number of imide groups is 1. The molecule has 2 unspecified atom stereocenters. The Hall–Kier alpha value is -3.00. The molecule has 2 aliphatic heterocycles. The van der Waals surface area contributed by atoms with Crippen LogP contribution in [0.5, 0.6) is 0 Å². The Morgan fingerprint density at radius 3 is 1.80 bits per heavy atom. The van der Waals surface area contributed by atoms with Crippen LogP contribution in [0.4, 0.5) is 11.4 Å². The molecule has 1 saturated heterocycles. The first kappa shape index (κ1) is 19.0. The summed E-state index contributed by atoms with van der Waals surface area (Å²) in [6.45, 7) is -0.395. The minimum atomic E-state index is -3.78. The summed E-state index contributed by atoms with van der Waals surface area (Å²) in [6.07, 6.45) is 3.17. The molecule has 0 spiro atoms. The second-order valence-electron chi connectivity index (χ2n) is 7.93. The number of carbonyl (C=O) groups is 3. The molecule has 0 bridgehead atoms. The zero-order valence-electron chi connectivity index (χ0n) is 16.2. The SMILES string of the molecule is O=C1C2CCCCC2C(=O)N1CC(=O)N1c2ccccc2S(=O)(=O)c2ccccc21. The molecular formula is C22H20N2O5S. The first-order valence-electron chi connectivity index (χ1n) is 10.0. The molecule has 2 atom stereocenters. The summed E-state index contributed by atoms with van der Waals surface area (Å²) in [6, 6.07) is 12.6. The van der Waals surface area contributed by atoms with Crippen LogP contribution < -0.4 is 4.90 Å². The number of benzene rings is 2. The van der Waals surface area contributed by atoms with Crippen LogP contribution >= 0.6 is 0 Å². The number of sulfone groups is 1. The maximum Gasteiger partial charge on any atom is 0.251 e. The lowest BCUT2D eigenvalue weighted by Crippen LogP contribution is -2.43. The number of rotatable bonds is 2. The van der Waals surface area contributed by atoms with Crippen LogP contribution in [0, 0.1) is 11.8 Å². The van der Waals surface area contributed by atoms with Crippen molar-refractivity contribution in [1.82, 2.24) is 4.90 Å². The zero-order chi connectivity index (χ0) is 21.0. The van der Waals surface area contributed by atoms with Crippen molar-refractivity contribution in [3.63, 3.8) is 0 Å². The van der Waals surface area contributed by atoms with E-state index in [-0.39, 0.29) is 44.8 Å². The zero-order valence-corrected chi connectivity index (χ0v) is 17.0. The van der Waals surface area contributed by atoms with Gasteiger partial charge in [0.1, 0.15) is 6.54 Å². The van der Waals surface area contributed by atoms with E-state index in [9.17, 15) is 22.8 Å². The Labute approximate surface area is 174 Å². The van der Waals surface area contributed by atoms with Gasteiger partial charge in [0.25, 0.3) is 5.91 Å².